The van der Waals surface area contributed by atoms with Crippen LogP contribution in [0.2, 0.25) is 0 Å². The molecule has 0 bridgehead atoms. The van der Waals surface area contributed by atoms with E-state index in [0.29, 0.717) is 25.8 Å². The molecule has 2 N–H and O–H groups in total. The summed E-state index contributed by atoms with van der Waals surface area (Å²) in [5.74, 6) is -0.0855. The van der Waals surface area contributed by atoms with Gasteiger partial charge in [0, 0.05) is 12.1 Å². The van der Waals surface area contributed by atoms with Crippen LogP contribution in [-0.2, 0) is 17.8 Å². The molecule has 1 rings (SSSR count). The maximum Gasteiger partial charge on any atom is 0.220 e. The van der Waals surface area contributed by atoms with E-state index < -0.39 is 5.54 Å². The number of aryl methyl sites for hydroxylation is 2. The van der Waals surface area contributed by atoms with Crippen LogP contribution in [0.15, 0.2) is 0 Å². The van der Waals surface area contributed by atoms with Gasteiger partial charge >= 0.3 is 0 Å². The van der Waals surface area contributed by atoms with Gasteiger partial charge in [0.2, 0.25) is 5.91 Å². The Kier molecular flexibility index (Phi) is 5.91. The van der Waals surface area contributed by atoms with Gasteiger partial charge in [0.05, 0.1) is 36.9 Å². The lowest BCUT2D eigenvalue weighted by atomic mass is 10.0. The van der Waals surface area contributed by atoms with Gasteiger partial charge in [-0.1, -0.05) is 0 Å². The Morgan fingerprint density at radius 3 is 2.71 bits per heavy atom. The molecule has 0 fully saturated rings. The monoisotopic (exact) mass is 292 g/mol. The number of aliphatic hydroxyl groups is 1. The van der Waals surface area contributed by atoms with Gasteiger partial charge in [-0.25, -0.2) is 0 Å². The van der Waals surface area contributed by atoms with Gasteiger partial charge in [0.1, 0.15) is 0 Å². The van der Waals surface area contributed by atoms with E-state index in [0.717, 1.165) is 17.0 Å². The van der Waals surface area contributed by atoms with Crippen molar-refractivity contribution in [2.75, 3.05) is 6.61 Å². The number of aromatic nitrogens is 2. The van der Waals surface area contributed by atoms with E-state index in [9.17, 15) is 4.79 Å². The Morgan fingerprint density at radius 2 is 2.14 bits per heavy atom. The van der Waals surface area contributed by atoms with E-state index in [1.165, 1.54) is 0 Å². The molecule has 21 heavy (non-hydrogen) atoms. The van der Waals surface area contributed by atoms with E-state index in [1.807, 2.05) is 18.5 Å². The molecule has 0 spiro atoms. The highest BCUT2D eigenvalue weighted by molar-refractivity contribution is 5.77. The minimum Gasteiger partial charge on any atom is -0.394 e. The lowest BCUT2D eigenvalue weighted by molar-refractivity contribution is -0.123. The first-order valence-corrected chi connectivity index (χ1v) is 7.12. The van der Waals surface area contributed by atoms with Crippen LogP contribution in [-0.4, -0.2) is 32.9 Å². The summed E-state index contributed by atoms with van der Waals surface area (Å²) < 4.78 is 1.82. The first-order chi connectivity index (χ1) is 9.80. The van der Waals surface area contributed by atoms with Gasteiger partial charge in [-0.3, -0.25) is 9.48 Å². The lowest BCUT2D eigenvalue weighted by Gasteiger charge is -2.23. The van der Waals surface area contributed by atoms with E-state index in [-0.39, 0.29) is 12.5 Å². The number of carbonyl (C=O) groups is 1. The Balaban J connectivity index is 2.66. The minimum absolute atomic E-state index is 0.0855. The standard InChI is InChI=1S/C15H24N4O2/c1-11-13(12(2)19(18-11)9-5-8-16)6-7-14(21)17-15(3,4)10-20/h20H,5-7,9-10H2,1-4H3,(H,17,21). The second kappa shape index (κ2) is 7.23. The summed E-state index contributed by atoms with van der Waals surface area (Å²) in [6, 6.07) is 2.11. The van der Waals surface area contributed by atoms with Crippen LogP contribution in [0.4, 0.5) is 0 Å². The molecular weight excluding hydrogens is 268 g/mol. The van der Waals surface area contributed by atoms with Crippen molar-refractivity contribution in [2.45, 2.75) is 59.0 Å². The third kappa shape index (κ3) is 4.87. The van der Waals surface area contributed by atoms with Gasteiger partial charge in [-0.15, -0.1) is 0 Å². The normalized spacial score (nSPS) is 11.2. The third-order valence-electron chi connectivity index (χ3n) is 3.44. The van der Waals surface area contributed by atoms with Crippen molar-refractivity contribution < 1.29 is 9.90 Å². The van der Waals surface area contributed by atoms with Crippen molar-refractivity contribution in [1.82, 2.24) is 15.1 Å². The number of hydrogen-bond acceptors (Lipinski definition) is 4. The fraction of sp³-hybridized carbons (Fsp3) is 0.667. The molecule has 0 radical (unpaired) electrons. The summed E-state index contributed by atoms with van der Waals surface area (Å²) in [6.45, 7) is 7.92. The molecule has 0 aliphatic rings. The second-order valence-corrected chi connectivity index (χ2v) is 5.87. The maximum absolute atomic E-state index is 11.9. The number of amides is 1. The Hall–Kier alpha value is -1.87. The molecule has 6 nitrogen and oxygen atoms in total. The molecule has 1 aromatic rings. The highest BCUT2D eigenvalue weighted by Gasteiger charge is 2.19. The van der Waals surface area contributed by atoms with Crippen molar-refractivity contribution in [1.29, 1.82) is 5.26 Å². The highest BCUT2D eigenvalue weighted by atomic mass is 16.3. The van der Waals surface area contributed by atoms with Gasteiger partial charge in [0.15, 0.2) is 0 Å². The van der Waals surface area contributed by atoms with Crippen LogP contribution in [0.25, 0.3) is 0 Å². The lowest BCUT2D eigenvalue weighted by Crippen LogP contribution is -2.46. The molecule has 116 valence electrons. The van der Waals surface area contributed by atoms with Crippen molar-refractivity contribution >= 4 is 5.91 Å². The number of nitriles is 1. The molecule has 1 heterocycles. The zero-order valence-corrected chi connectivity index (χ0v) is 13.2. The molecular formula is C15H24N4O2. The molecule has 0 saturated heterocycles. The Labute approximate surface area is 125 Å². The third-order valence-corrected chi connectivity index (χ3v) is 3.44. The number of carbonyl (C=O) groups excluding carboxylic acids is 1. The molecule has 0 aliphatic carbocycles. The number of hydrogen-bond donors (Lipinski definition) is 2. The van der Waals surface area contributed by atoms with Crippen LogP contribution in [0, 0.1) is 25.2 Å². The molecule has 0 aliphatic heterocycles. The van der Waals surface area contributed by atoms with Crippen LogP contribution in [0.3, 0.4) is 0 Å². The summed E-state index contributed by atoms with van der Waals surface area (Å²) in [5.41, 5.74) is 2.37. The van der Waals surface area contributed by atoms with Crippen molar-refractivity contribution in [3.05, 3.63) is 17.0 Å². The maximum atomic E-state index is 11.9. The quantitative estimate of drug-likeness (QED) is 0.791. The number of nitrogens with zero attached hydrogens (tertiary/aromatic N) is 3. The largest absolute Gasteiger partial charge is 0.394 e. The van der Waals surface area contributed by atoms with Crippen molar-refractivity contribution in [3.8, 4) is 6.07 Å². The summed E-state index contributed by atoms with van der Waals surface area (Å²) in [7, 11) is 0. The molecule has 0 unspecified atom stereocenters. The van der Waals surface area contributed by atoms with E-state index in [2.05, 4.69) is 16.5 Å². The molecule has 0 aromatic carbocycles. The molecule has 1 amide bonds. The fourth-order valence-electron chi connectivity index (χ4n) is 2.19. The predicted octanol–water partition coefficient (Wildman–Crippen LogP) is 1.23. The number of nitrogens with one attached hydrogen (secondary N) is 1. The van der Waals surface area contributed by atoms with Gasteiger partial charge < -0.3 is 10.4 Å². The van der Waals surface area contributed by atoms with Crippen molar-refractivity contribution in [2.24, 2.45) is 0 Å². The summed E-state index contributed by atoms with van der Waals surface area (Å²) in [6.07, 6.45) is 1.39. The SMILES string of the molecule is Cc1nn(CCC#N)c(C)c1CCC(=O)NC(C)(C)CO. The van der Waals surface area contributed by atoms with Gasteiger partial charge in [0.25, 0.3) is 0 Å². The van der Waals surface area contributed by atoms with Crippen molar-refractivity contribution in [3.63, 3.8) is 0 Å². The zero-order chi connectivity index (χ0) is 16.0. The molecule has 0 atom stereocenters. The molecule has 6 heteroatoms. The van der Waals surface area contributed by atoms with Crippen LogP contribution >= 0.6 is 0 Å². The topological polar surface area (TPSA) is 90.9 Å². The summed E-state index contributed by atoms with van der Waals surface area (Å²) >= 11 is 0. The van der Waals surface area contributed by atoms with E-state index >= 15 is 0 Å². The average Bonchev–Trinajstić information content (AvgIpc) is 2.68. The minimum atomic E-state index is -0.599. The smallest absolute Gasteiger partial charge is 0.220 e. The van der Waals surface area contributed by atoms with E-state index in [1.54, 1.807) is 13.8 Å². The fourth-order valence-corrected chi connectivity index (χ4v) is 2.19. The average molecular weight is 292 g/mol. The predicted molar refractivity (Wildman–Crippen MR) is 79.6 cm³/mol. The molecule has 0 saturated carbocycles. The summed E-state index contributed by atoms with van der Waals surface area (Å²) in [5, 5.41) is 25.0. The second-order valence-electron chi connectivity index (χ2n) is 5.87. The first kappa shape index (κ1) is 17.2. The highest BCUT2D eigenvalue weighted by Crippen LogP contribution is 2.16. The Morgan fingerprint density at radius 1 is 1.48 bits per heavy atom. The van der Waals surface area contributed by atoms with Gasteiger partial charge in [-0.2, -0.15) is 10.4 Å². The van der Waals surface area contributed by atoms with Crippen LogP contribution in [0.1, 0.15) is 43.6 Å². The molecule has 1 aromatic heterocycles. The van der Waals surface area contributed by atoms with E-state index in [4.69, 9.17) is 10.4 Å². The number of aliphatic hydroxyl groups excluding tert-OH is 1. The summed E-state index contributed by atoms with van der Waals surface area (Å²) in [4.78, 5) is 11.9. The first-order valence-electron chi connectivity index (χ1n) is 7.12. The van der Waals surface area contributed by atoms with Crippen LogP contribution < -0.4 is 5.32 Å². The van der Waals surface area contributed by atoms with Gasteiger partial charge in [-0.05, 0) is 39.7 Å². The Bertz CT molecular complexity index is 541. The number of rotatable bonds is 7. The van der Waals surface area contributed by atoms with Crippen LogP contribution in [0.5, 0.6) is 0 Å². The zero-order valence-electron chi connectivity index (χ0n) is 13.2.